The van der Waals surface area contributed by atoms with Gasteiger partial charge in [-0.05, 0) is 64.9 Å². The van der Waals surface area contributed by atoms with Crippen LogP contribution in [-0.2, 0) is 0 Å². The Morgan fingerprint density at radius 2 is 1.92 bits per heavy atom. The highest BCUT2D eigenvalue weighted by atomic mass is 35.5. The van der Waals surface area contributed by atoms with E-state index in [0.717, 1.165) is 11.3 Å². The molecule has 3 heterocycles. The number of rotatable bonds is 6. The number of benzene rings is 2. The molecule has 0 radical (unpaired) electrons. The van der Waals surface area contributed by atoms with Crippen molar-refractivity contribution in [2.75, 3.05) is 5.32 Å². The highest BCUT2D eigenvalue weighted by molar-refractivity contribution is 6.31. The molecule has 12 heteroatoms. The van der Waals surface area contributed by atoms with Crippen LogP contribution in [-0.4, -0.2) is 45.9 Å². The minimum atomic E-state index is -1.13. The molecule has 180 valence electrons. The summed E-state index contributed by atoms with van der Waals surface area (Å²) in [6.07, 6.45) is 3.73. The Balaban J connectivity index is 1.42. The topological polar surface area (TPSA) is 144 Å². The monoisotopic (exact) mass is 502 g/mol. The molecule has 5 rings (SSSR count). The number of nitrogens with one attached hydrogen (secondary N) is 2. The predicted octanol–water partition coefficient (Wildman–Crippen LogP) is 4.23. The molecule has 1 amide bonds. The van der Waals surface area contributed by atoms with Crippen LogP contribution in [0.1, 0.15) is 18.8 Å². The summed E-state index contributed by atoms with van der Waals surface area (Å²) in [6, 6.07) is 15.2. The molecule has 0 aliphatic carbocycles. The van der Waals surface area contributed by atoms with Crippen LogP contribution in [0.15, 0.2) is 78.1 Å². The fourth-order valence-electron chi connectivity index (χ4n) is 3.87. The maximum atomic E-state index is 13.1. The third-order valence-electron chi connectivity index (χ3n) is 5.67. The minimum absolute atomic E-state index is 0.218. The van der Waals surface area contributed by atoms with Gasteiger partial charge in [0, 0.05) is 28.5 Å². The molecular formula is C24H19ClN8O3. The van der Waals surface area contributed by atoms with Crippen molar-refractivity contribution in [1.82, 2.24) is 34.7 Å². The molecule has 1 atom stereocenters. The number of anilines is 1. The van der Waals surface area contributed by atoms with Gasteiger partial charge in [-0.15, -0.1) is 5.10 Å². The van der Waals surface area contributed by atoms with Crippen molar-refractivity contribution < 1.29 is 9.90 Å². The van der Waals surface area contributed by atoms with Crippen LogP contribution in [0, 0.1) is 0 Å². The summed E-state index contributed by atoms with van der Waals surface area (Å²) in [4.78, 5) is 31.6. The number of H-pyrrole nitrogens is 1. The van der Waals surface area contributed by atoms with Crippen LogP contribution in [0.4, 0.5) is 10.5 Å². The molecule has 0 saturated carbocycles. The maximum absolute atomic E-state index is 13.1. The number of carbonyl (C=O) groups is 1. The highest BCUT2D eigenvalue weighted by Crippen LogP contribution is 2.29. The van der Waals surface area contributed by atoms with Crippen molar-refractivity contribution in [1.29, 1.82) is 0 Å². The number of carboxylic acid groups (broad SMARTS) is 1. The Morgan fingerprint density at radius 3 is 2.61 bits per heavy atom. The summed E-state index contributed by atoms with van der Waals surface area (Å²) in [6.45, 7) is 1.87. The second-order valence-electron chi connectivity index (χ2n) is 7.94. The Bertz CT molecular complexity index is 1590. The first kappa shape index (κ1) is 23.0. The number of halogens is 1. The first-order chi connectivity index (χ1) is 17.4. The number of pyridine rings is 1. The standard InChI is InChI=1S/C24H19ClN8O3/c1-14(23-26-12-20(29-23)15-2-5-18(6-3-15)28-24(35)36)32-9-8-16(10-22(32)34)19-11-17(25)4-7-21(19)33-13-27-30-31-33/h2-14,28H,1H3,(H,26,29)(H,35,36). The van der Waals surface area contributed by atoms with E-state index in [0.29, 0.717) is 33.3 Å². The molecule has 2 aromatic carbocycles. The van der Waals surface area contributed by atoms with Crippen LogP contribution in [0.5, 0.6) is 0 Å². The minimum Gasteiger partial charge on any atom is -0.465 e. The SMILES string of the molecule is CC(c1ncc(-c2ccc(NC(=O)O)cc2)[nH]1)n1ccc(-c2cc(Cl)ccc2-n2cnnn2)cc1=O. The van der Waals surface area contributed by atoms with Gasteiger partial charge in [0.1, 0.15) is 12.2 Å². The van der Waals surface area contributed by atoms with Crippen LogP contribution >= 0.6 is 11.6 Å². The number of hydrogen-bond acceptors (Lipinski definition) is 6. The van der Waals surface area contributed by atoms with Crippen molar-refractivity contribution in [2.24, 2.45) is 0 Å². The van der Waals surface area contributed by atoms with Gasteiger partial charge >= 0.3 is 6.09 Å². The molecule has 0 saturated heterocycles. The van der Waals surface area contributed by atoms with Gasteiger partial charge in [0.05, 0.1) is 23.6 Å². The van der Waals surface area contributed by atoms with E-state index in [9.17, 15) is 9.59 Å². The molecule has 11 nitrogen and oxygen atoms in total. The van der Waals surface area contributed by atoms with E-state index in [4.69, 9.17) is 16.7 Å². The van der Waals surface area contributed by atoms with Crippen LogP contribution in [0.3, 0.4) is 0 Å². The zero-order valence-corrected chi connectivity index (χ0v) is 19.6. The molecular weight excluding hydrogens is 484 g/mol. The number of nitrogens with zero attached hydrogens (tertiary/aromatic N) is 6. The van der Waals surface area contributed by atoms with E-state index in [1.165, 1.54) is 17.1 Å². The molecule has 3 aromatic heterocycles. The van der Waals surface area contributed by atoms with E-state index < -0.39 is 6.09 Å². The van der Waals surface area contributed by atoms with Gasteiger partial charge < -0.3 is 14.7 Å². The third-order valence-corrected chi connectivity index (χ3v) is 5.90. The number of aromatic amines is 1. The van der Waals surface area contributed by atoms with Gasteiger partial charge in [-0.3, -0.25) is 10.1 Å². The lowest BCUT2D eigenvalue weighted by Gasteiger charge is -2.15. The molecule has 0 aliphatic rings. The van der Waals surface area contributed by atoms with Gasteiger partial charge in [0.2, 0.25) is 0 Å². The Kier molecular flexibility index (Phi) is 6.05. The van der Waals surface area contributed by atoms with Crippen molar-refractivity contribution in [3.8, 4) is 28.1 Å². The molecule has 1 unspecified atom stereocenters. The van der Waals surface area contributed by atoms with E-state index >= 15 is 0 Å². The second kappa shape index (κ2) is 9.47. The number of imidazole rings is 1. The fourth-order valence-corrected chi connectivity index (χ4v) is 4.04. The van der Waals surface area contributed by atoms with Crippen LogP contribution < -0.4 is 10.9 Å². The molecule has 5 aromatic rings. The average molecular weight is 503 g/mol. The molecule has 0 bridgehead atoms. The van der Waals surface area contributed by atoms with E-state index in [-0.39, 0.29) is 11.6 Å². The van der Waals surface area contributed by atoms with Gasteiger partial charge in [0.15, 0.2) is 0 Å². The number of aromatic nitrogens is 7. The van der Waals surface area contributed by atoms with Gasteiger partial charge in [-0.1, -0.05) is 23.7 Å². The largest absolute Gasteiger partial charge is 0.465 e. The first-order valence-corrected chi connectivity index (χ1v) is 11.2. The fraction of sp³-hybridized carbons (Fsp3) is 0.0833. The zero-order chi connectivity index (χ0) is 25.2. The van der Waals surface area contributed by atoms with E-state index in [1.54, 1.807) is 59.4 Å². The molecule has 36 heavy (non-hydrogen) atoms. The zero-order valence-electron chi connectivity index (χ0n) is 18.8. The molecule has 0 spiro atoms. The second-order valence-corrected chi connectivity index (χ2v) is 8.38. The lowest BCUT2D eigenvalue weighted by Crippen LogP contribution is -2.23. The molecule has 3 N–H and O–H groups in total. The number of tetrazole rings is 1. The lowest BCUT2D eigenvalue weighted by atomic mass is 10.0. The van der Waals surface area contributed by atoms with Crippen LogP contribution in [0.2, 0.25) is 5.02 Å². The molecule has 0 aliphatic heterocycles. The van der Waals surface area contributed by atoms with E-state index in [2.05, 4.69) is 30.8 Å². The van der Waals surface area contributed by atoms with Crippen molar-refractivity contribution in [3.05, 3.63) is 94.5 Å². The summed E-state index contributed by atoms with van der Waals surface area (Å²) in [5.74, 6) is 0.602. The maximum Gasteiger partial charge on any atom is 0.409 e. The summed E-state index contributed by atoms with van der Waals surface area (Å²) >= 11 is 6.23. The van der Waals surface area contributed by atoms with Crippen molar-refractivity contribution in [2.45, 2.75) is 13.0 Å². The van der Waals surface area contributed by atoms with Gasteiger partial charge in [-0.25, -0.2) is 9.78 Å². The quantitative estimate of drug-likeness (QED) is 0.315. The third kappa shape index (κ3) is 4.59. The Hall–Kier alpha value is -4.77. The van der Waals surface area contributed by atoms with E-state index in [1.807, 2.05) is 13.0 Å². The Labute approximate surface area is 209 Å². The number of amides is 1. The summed E-state index contributed by atoms with van der Waals surface area (Å²) in [7, 11) is 0. The first-order valence-electron chi connectivity index (χ1n) is 10.8. The highest BCUT2D eigenvalue weighted by Gasteiger charge is 2.16. The van der Waals surface area contributed by atoms with Crippen LogP contribution in [0.25, 0.3) is 28.1 Å². The summed E-state index contributed by atoms with van der Waals surface area (Å²) < 4.78 is 3.09. The normalized spacial score (nSPS) is 11.8. The smallest absolute Gasteiger partial charge is 0.409 e. The van der Waals surface area contributed by atoms with Crippen molar-refractivity contribution >= 4 is 23.4 Å². The Morgan fingerprint density at radius 1 is 1.11 bits per heavy atom. The van der Waals surface area contributed by atoms with Gasteiger partial charge in [-0.2, -0.15) is 4.68 Å². The summed E-state index contributed by atoms with van der Waals surface area (Å²) in [5, 5.41) is 23.0. The molecule has 0 fully saturated rings. The number of hydrogen-bond donors (Lipinski definition) is 3. The van der Waals surface area contributed by atoms with Gasteiger partial charge in [0.25, 0.3) is 5.56 Å². The average Bonchev–Trinajstić information content (AvgIpc) is 3.57. The lowest BCUT2D eigenvalue weighted by molar-refractivity contribution is 0.209. The van der Waals surface area contributed by atoms with Crippen molar-refractivity contribution in [3.63, 3.8) is 0 Å². The predicted molar refractivity (Wildman–Crippen MR) is 133 cm³/mol. The summed E-state index contributed by atoms with van der Waals surface area (Å²) in [5.41, 5.74) is 3.90.